The summed E-state index contributed by atoms with van der Waals surface area (Å²) in [5.41, 5.74) is 1.36. The fraction of sp³-hybridized carbons (Fsp3) is 0.571. The molecule has 0 radical (unpaired) electrons. The van der Waals surface area contributed by atoms with Crippen LogP contribution in [0.15, 0.2) is 11.4 Å². The molecule has 2 aromatic heterocycles. The predicted octanol–water partition coefficient (Wildman–Crippen LogP) is 2.84. The molecule has 166 valence electrons. The number of nitrogens with one attached hydrogen (secondary N) is 2. The summed E-state index contributed by atoms with van der Waals surface area (Å²) in [7, 11) is 0. The van der Waals surface area contributed by atoms with Crippen LogP contribution in [0.3, 0.4) is 0 Å². The van der Waals surface area contributed by atoms with Crippen LogP contribution in [-0.2, 0) is 4.74 Å². The van der Waals surface area contributed by atoms with Crippen molar-refractivity contribution in [2.75, 3.05) is 44.7 Å². The van der Waals surface area contributed by atoms with Gasteiger partial charge in [0.1, 0.15) is 17.3 Å². The summed E-state index contributed by atoms with van der Waals surface area (Å²) in [6.45, 7) is 7.91. The molecule has 0 spiro atoms. The van der Waals surface area contributed by atoms with Gasteiger partial charge in [-0.2, -0.15) is 5.26 Å². The summed E-state index contributed by atoms with van der Waals surface area (Å²) in [5.74, 6) is 1.43. The number of rotatable bonds is 10. The second kappa shape index (κ2) is 11.7. The molecular weight excluding hydrogens is 414 g/mol. The minimum atomic E-state index is -0.194. The van der Waals surface area contributed by atoms with Crippen molar-refractivity contribution >= 4 is 28.2 Å². The van der Waals surface area contributed by atoms with E-state index in [0.717, 1.165) is 38.0 Å². The number of anilines is 2. The molecule has 3 rings (SSSR count). The van der Waals surface area contributed by atoms with Crippen molar-refractivity contribution < 1.29 is 9.53 Å². The highest BCUT2D eigenvalue weighted by atomic mass is 32.1. The molecule has 9 nitrogen and oxygen atoms in total. The van der Waals surface area contributed by atoms with Crippen LogP contribution in [-0.4, -0.2) is 65.2 Å². The number of carbonyl (C=O) groups excluding carboxylic acids is 1. The van der Waals surface area contributed by atoms with Gasteiger partial charge >= 0.3 is 0 Å². The predicted molar refractivity (Wildman–Crippen MR) is 120 cm³/mol. The van der Waals surface area contributed by atoms with E-state index in [1.165, 1.54) is 11.3 Å². The maximum absolute atomic E-state index is 12.3. The molecule has 0 bridgehead atoms. The van der Waals surface area contributed by atoms with E-state index in [0.29, 0.717) is 48.8 Å². The minimum Gasteiger partial charge on any atom is -0.382 e. The number of likely N-dealkylation sites (tertiary alicyclic amines) is 1. The molecule has 1 saturated heterocycles. The first-order valence-corrected chi connectivity index (χ1v) is 11.5. The molecule has 10 heteroatoms. The van der Waals surface area contributed by atoms with Gasteiger partial charge in [-0.1, -0.05) is 0 Å². The van der Waals surface area contributed by atoms with E-state index in [4.69, 9.17) is 10.00 Å². The number of thiazole rings is 1. The first-order valence-electron chi connectivity index (χ1n) is 10.6. The summed E-state index contributed by atoms with van der Waals surface area (Å²) in [6, 6.07) is 4.18. The Hall–Kier alpha value is -2.61. The van der Waals surface area contributed by atoms with Gasteiger partial charge in [-0.3, -0.25) is 9.69 Å². The van der Waals surface area contributed by atoms with Crippen LogP contribution in [0.25, 0.3) is 0 Å². The van der Waals surface area contributed by atoms with Gasteiger partial charge < -0.3 is 15.4 Å². The van der Waals surface area contributed by atoms with Crippen LogP contribution in [0.5, 0.6) is 0 Å². The van der Waals surface area contributed by atoms with Crippen LogP contribution < -0.4 is 10.6 Å². The van der Waals surface area contributed by atoms with Crippen molar-refractivity contribution in [2.24, 2.45) is 0 Å². The Morgan fingerprint density at radius 3 is 3.10 bits per heavy atom. The average molecular weight is 444 g/mol. The quantitative estimate of drug-likeness (QED) is 0.425. The number of piperidine rings is 1. The van der Waals surface area contributed by atoms with Gasteiger partial charge in [0, 0.05) is 43.7 Å². The Morgan fingerprint density at radius 1 is 1.42 bits per heavy atom. The summed E-state index contributed by atoms with van der Waals surface area (Å²) in [4.78, 5) is 27.9. The number of amides is 1. The SMILES string of the molecule is CCOCCCNC(=O)c1csc(Nc2cc(C3CCCN(CC#N)C3)nc(C)n2)n1. The lowest BCUT2D eigenvalue weighted by molar-refractivity contribution is 0.0940. The van der Waals surface area contributed by atoms with Crippen LogP contribution in [0.2, 0.25) is 0 Å². The number of hydrogen-bond acceptors (Lipinski definition) is 9. The Balaban J connectivity index is 1.60. The molecule has 31 heavy (non-hydrogen) atoms. The molecule has 1 amide bonds. The summed E-state index contributed by atoms with van der Waals surface area (Å²) in [5, 5.41) is 17.4. The van der Waals surface area contributed by atoms with E-state index in [-0.39, 0.29) is 11.8 Å². The zero-order valence-corrected chi connectivity index (χ0v) is 18.9. The number of carbonyl (C=O) groups is 1. The molecule has 1 fully saturated rings. The maximum Gasteiger partial charge on any atom is 0.270 e. The molecule has 0 aliphatic carbocycles. The molecule has 2 N–H and O–H groups in total. The highest BCUT2D eigenvalue weighted by Crippen LogP contribution is 2.28. The third-order valence-electron chi connectivity index (χ3n) is 5.00. The van der Waals surface area contributed by atoms with Gasteiger partial charge in [-0.15, -0.1) is 11.3 Å². The van der Waals surface area contributed by atoms with Gasteiger partial charge in [0.25, 0.3) is 5.91 Å². The van der Waals surface area contributed by atoms with Crippen LogP contribution in [0.1, 0.15) is 54.1 Å². The van der Waals surface area contributed by atoms with Crippen molar-refractivity contribution in [1.82, 2.24) is 25.2 Å². The Morgan fingerprint density at radius 2 is 2.29 bits per heavy atom. The molecule has 2 aromatic rings. The minimum absolute atomic E-state index is 0.194. The summed E-state index contributed by atoms with van der Waals surface area (Å²) < 4.78 is 5.27. The molecule has 3 heterocycles. The lowest BCUT2D eigenvalue weighted by Gasteiger charge is -2.30. The first kappa shape index (κ1) is 23.1. The highest BCUT2D eigenvalue weighted by molar-refractivity contribution is 7.14. The molecule has 1 aliphatic rings. The molecule has 1 atom stereocenters. The van der Waals surface area contributed by atoms with Gasteiger partial charge in [0.05, 0.1) is 18.3 Å². The summed E-state index contributed by atoms with van der Waals surface area (Å²) >= 11 is 1.36. The second-order valence-electron chi connectivity index (χ2n) is 7.43. The van der Waals surface area contributed by atoms with Crippen molar-refractivity contribution in [1.29, 1.82) is 5.26 Å². The molecule has 1 unspecified atom stereocenters. The zero-order valence-electron chi connectivity index (χ0n) is 18.1. The summed E-state index contributed by atoms with van der Waals surface area (Å²) in [6.07, 6.45) is 2.86. The first-order chi connectivity index (χ1) is 15.1. The van der Waals surface area contributed by atoms with Crippen molar-refractivity contribution in [3.8, 4) is 6.07 Å². The van der Waals surface area contributed by atoms with Gasteiger partial charge in [0.15, 0.2) is 5.13 Å². The van der Waals surface area contributed by atoms with E-state index in [9.17, 15) is 4.79 Å². The van der Waals surface area contributed by atoms with Gasteiger partial charge in [-0.25, -0.2) is 15.0 Å². The number of aromatic nitrogens is 3. The lowest BCUT2D eigenvalue weighted by atomic mass is 9.94. The fourth-order valence-electron chi connectivity index (χ4n) is 3.56. The Labute approximate surface area is 186 Å². The molecule has 0 saturated carbocycles. The number of nitriles is 1. The van der Waals surface area contributed by atoms with Crippen molar-refractivity contribution in [2.45, 2.75) is 39.0 Å². The molecule has 0 aromatic carbocycles. The van der Waals surface area contributed by atoms with E-state index in [1.54, 1.807) is 5.38 Å². The Bertz CT molecular complexity index is 911. The van der Waals surface area contributed by atoms with Gasteiger partial charge in [-0.05, 0) is 39.7 Å². The maximum atomic E-state index is 12.3. The van der Waals surface area contributed by atoms with E-state index >= 15 is 0 Å². The monoisotopic (exact) mass is 443 g/mol. The van der Waals surface area contributed by atoms with Crippen LogP contribution in [0, 0.1) is 18.3 Å². The number of hydrogen-bond donors (Lipinski definition) is 2. The number of ether oxygens (including phenoxy) is 1. The average Bonchev–Trinajstić information content (AvgIpc) is 3.22. The van der Waals surface area contributed by atoms with E-state index in [2.05, 4.69) is 36.6 Å². The number of aryl methyl sites for hydroxylation is 1. The molecular formula is C21H29N7O2S. The third-order valence-corrected chi connectivity index (χ3v) is 5.76. The van der Waals surface area contributed by atoms with E-state index in [1.807, 2.05) is 19.9 Å². The normalized spacial score (nSPS) is 16.6. The Kier molecular flexibility index (Phi) is 8.70. The lowest BCUT2D eigenvalue weighted by Crippen LogP contribution is -2.35. The standard InChI is InChI=1S/C21H29N7O2S/c1-3-30-11-5-8-23-20(29)18-14-31-21(26-18)27-19-12-17(24-15(2)25-19)16-6-4-9-28(13-16)10-7-22/h12,14,16H,3-6,8-11,13H2,1-2H3,(H,23,29)(H,24,25,26,27). The topological polar surface area (TPSA) is 116 Å². The fourth-order valence-corrected chi connectivity index (χ4v) is 4.26. The third kappa shape index (κ3) is 6.95. The smallest absolute Gasteiger partial charge is 0.270 e. The van der Waals surface area contributed by atoms with Crippen LogP contribution in [0.4, 0.5) is 10.9 Å². The van der Waals surface area contributed by atoms with Gasteiger partial charge in [0.2, 0.25) is 0 Å². The van der Waals surface area contributed by atoms with Crippen molar-refractivity contribution in [3.05, 3.63) is 28.7 Å². The zero-order chi connectivity index (χ0) is 22.1. The van der Waals surface area contributed by atoms with E-state index < -0.39 is 0 Å². The molecule has 1 aliphatic heterocycles. The highest BCUT2D eigenvalue weighted by Gasteiger charge is 2.23. The van der Waals surface area contributed by atoms with Crippen LogP contribution >= 0.6 is 11.3 Å². The van der Waals surface area contributed by atoms with Crippen molar-refractivity contribution in [3.63, 3.8) is 0 Å². The second-order valence-corrected chi connectivity index (χ2v) is 8.29. The number of nitrogens with zero attached hydrogens (tertiary/aromatic N) is 5. The largest absolute Gasteiger partial charge is 0.382 e.